The molecule has 0 spiro atoms. The van der Waals surface area contributed by atoms with Gasteiger partial charge in [-0.2, -0.15) is 0 Å². The highest BCUT2D eigenvalue weighted by molar-refractivity contribution is 6.74. The van der Waals surface area contributed by atoms with E-state index < -0.39 is 32.7 Å². The molecular weight excluding hydrogens is 243 g/mol. The quantitative estimate of drug-likeness (QED) is 0.794. The van der Waals surface area contributed by atoms with Crippen LogP contribution in [0.3, 0.4) is 0 Å². The molecule has 3 atom stereocenters. The Kier molecular flexibility index (Phi) is 4.00. The van der Waals surface area contributed by atoms with Gasteiger partial charge in [-0.25, -0.2) is 9.18 Å². The zero-order chi connectivity index (χ0) is 13.4. The highest BCUT2D eigenvalue weighted by atomic mass is 28.4. The summed E-state index contributed by atoms with van der Waals surface area (Å²) in [6.45, 7) is 10.2. The van der Waals surface area contributed by atoms with E-state index in [-0.39, 0.29) is 11.6 Å². The standard InChI is InChI=1S/C11H21FO4Si/c1-11(2,3)17(4,5)16-7-6-15-9(8(7)12)10(13)14/h7-9H,6H2,1-5H3,(H,13,14)/t7-,8+,9-/m1/s1. The SMILES string of the molecule is CC(C)(C)[Si](C)(C)O[C@@H]1CO[C@@H](C(=O)O)[C@H]1F. The van der Waals surface area contributed by atoms with Gasteiger partial charge in [0.15, 0.2) is 20.6 Å². The molecule has 100 valence electrons. The van der Waals surface area contributed by atoms with Crippen molar-refractivity contribution in [2.45, 2.75) is 57.3 Å². The molecule has 0 aromatic rings. The summed E-state index contributed by atoms with van der Waals surface area (Å²) in [7, 11) is -2.09. The number of carbonyl (C=O) groups is 1. The second-order valence-corrected chi connectivity index (χ2v) is 10.7. The molecule has 4 nitrogen and oxygen atoms in total. The van der Waals surface area contributed by atoms with Crippen molar-refractivity contribution in [2.75, 3.05) is 6.61 Å². The molecule has 6 heteroatoms. The Morgan fingerprint density at radius 3 is 2.35 bits per heavy atom. The van der Waals surface area contributed by atoms with E-state index in [2.05, 4.69) is 20.8 Å². The van der Waals surface area contributed by atoms with Gasteiger partial charge in [0.25, 0.3) is 0 Å². The minimum atomic E-state index is -2.09. The number of ether oxygens (including phenoxy) is 1. The normalized spacial score (nSPS) is 30.6. The molecule has 0 aromatic carbocycles. The van der Waals surface area contributed by atoms with E-state index in [0.717, 1.165) is 0 Å². The third-order valence-electron chi connectivity index (χ3n) is 3.58. The van der Waals surface area contributed by atoms with E-state index >= 15 is 0 Å². The van der Waals surface area contributed by atoms with Crippen LogP contribution in [-0.4, -0.2) is 44.4 Å². The van der Waals surface area contributed by atoms with Crippen molar-refractivity contribution in [3.63, 3.8) is 0 Å². The van der Waals surface area contributed by atoms with Gasteiger partial charge in [0.05, 0.1) is 6.61 Å². The first-order valence-corrected chi connectivity index (χ1v) is 8.63. The van der Waals surface area contributed by atoms with Crippen molar-refractivity contribution in [3.8, 4) is 0 Å². The predicted molar refractivity (Wildman–Crippen MR) is 64.3 cm³/mol. The van der Waals surface area contributed by atoms with Crippen LogP contribution in [0.1, 0.15) is 20.8 Å². The van der Waals surface area contributed by atoms with Crippen molar-refractivity contribution in [1.29, 1.82) is 0 Å². The summed E-state index contributed by atoms with van der Waals surface area (Å²) in [6, 6.07) is 0. The highest BCUT2D eigenvalue weighted by Gasteiger charge is 2.47. The van der Waals surface area contributed by atoms with Crippen LogP contribution in [0.25, 0.3) is 0 Å². The molecule has 0 radical (unpaired) electrons. The lowest BCUT2D eigenvalue weighted by atomic mass is 10.2. The molecule has 0 unspecified atom stereocenters. The summed E-state index contributed by atoms with van der Waals surface area (Å²) in [5.41, 5.74) is 0. The molecule has 0 amide bonds. The van der Waals surface area contributed by atoms with Crippen LogP contribution in [0.2, 0.25) is 18.1 Å². The number of aliphatic carboxylic acids is 1. The molecule has 17 heavy (non-hydrogen) atoms. The van der Waals surface area contributed by atoms with E-state index in [9.17, 15) is 9.18 Å². The van der Waals surface area contributed by atoms with Gasteiger partial charge < -0.3 is 14.3 Å². The molecule has 0 saturated carbocycles. The van der Waals surface area contributed by atoms with Crippen molar-refractivity contribution in [1.82, 2.24) is 0 Å². The highest BCUT2D eigenvalue weighted by Crippen LogP contribution is 2.39. The molecule has 0 bridgehead atoms. The third-order valence-corrected chi connectivity index (χ3v) is 8.08. The van der Waals surface area contributed by atoms with Gasteiger partial charge in [-0.1, -0.05) is 20.8 Å². The summed E-state index contributed by atoms with van der Waals surface area (Å²) < 4.78 is 24.6. The molecule has 0 aliphatic carbocycles. The summed E-state index contributed by atoms with van der Waals surface area (Å²) in [5, 5.41) is 8.72. The summed E-state index contributed by atoms with van der Waals surface area (Å²) in [5.74, 6) is -1.26. The lowest BCUT2D eigenvalue weighted by Gasteiger charge is -2.38. The molecule has 0 aromatic heterocycles. The molecular formula is C11H21FO4Si. The first kappa shape index (κ1) is 14.6. The summed E-state index contributed by atoms with van der Waals surface area (Å²) in [4.78, 5) is 10.7. The van der Waals surface area contributed by atoms with E-state index in [1.807, 2.05) is 13.1 Å². The Morgan fingerprint density at radius 2 is 2.00 bits per heavy atom. The largest absolute Gasteiger partial charge is 0.479 e. The van der Waals surface area contributed by atoms with E-state index in [1.54, 1.807) is 0 Å². The fourth-order valence-corrected chi connectivity index (χ4v) is 2.75. The Balaban J connectivity index is 2.69. The maximum absolute atomic E-state index is 13.8. The van der Waals surface area contributed by atoms with Crippen LogP contribution in [0.15, 0.2) is 0 Å². The average Bonchev–Trinajstić information content (AvgIpc) is 2.45. The van der Waals surface area contributed by atoms with Crippen LogP contribution in [0.5, 0.6) is 0 Å². The van der Waals surface area contributed by atoms with Crippen LogP contribution >= 0.6 is 0 Å². The van der Waals surface area contributed by atoms with E-state index in [0.29, 0.717) is 0 Å². The van der Waals surface area contributed by atoms with Crippen LogP contribution in [-0.2, 0) is 14.0 Å². The second kappa shape index (κ2) is 4.66. The Labute approximate surface area is 102 Å². The fourth-order valence-electron chi connectivity index (χ4n) is 1.44. The fraction of sp³-hybridized carbons (Fsp3) is 0.909. The Hall–Kier alpha value is -0.463. The molecule has 1 N–H and O–H groups in total. The lowest BCUT2D eigenvalue weighted by Crippen LogP contribution is -2.47. The topological polar surface area (TPSA) is 55.8 Å². The van der Waals surface area contributed by atoms with E-state index in [4.69, 9.17) is 14.3 Å². The van der Waals surface area contributed by atoms with Crippen LogP contribution < -0.4 is 0 Å². The van der Waals surface area contributed by atoms with Crippen molar-refractivity contribution >= 4 is 14.3 Å². The predicted octanol–water partition coefficient (Wildman–Crippen LogP) is 2.20. The smallest absolute Gasteiger partial charge is 0.336 e. The molecule has 1 aliphatic heterocycles. The zero-order valence-electron chi connectivity index (χ0n) is 11.0. The lowest BCUT2D eigenvalue weighted by molar-refractivity contribution is -0.149. The van der Waals surface area contributed by atoms with Gasteiger partial charge in [-0.3, -0.25) is 0 Å². The van der Waals surface area contributed by atoms with E-state index in [1.165, 1.54) is 0 Å². The van der Waals surface area contributed by atoms with Gasteiger partial charge in [0.2, 0.25) is 0 Å². The number of hydrogen-bond acceptors (Lipinski definition) is 3. The molecule has 1 rings (SSSR count). The summed E-state index contributed by atoms with van der Waals surface area (Å²) >= 11 is 0. The second-order valence-electron chi connectivity index (χ2n) is 5.95. The minimum Gasteiger partial charge on any atom is -0.479 e. The molecule has 1 aliphatic rings. The Morgan fingerprint density at radius 1 is 1.47 bits per heavy atom. The zero-order valence-corrected chi connectivity index (χ0v) is 12.0. The number of hydrogen-bond donors (Lipinski definition) is 1. The first-order chi connectivity index (χ1) is 7.56. The van der Waals surface area contributed by atoms with Crippen molar-refractivity contribution < 1.29 is 23.5 Å². The van der Waals surface area contributed by atoms with Crippen LogP contribution in [0, 0.1) is 0 Å². The maximum atomic E-state index is 13.8. The first-order valence-electron chi connectivity index (χ1n) is 5.72. The van der Waals surface area contributed by atoms with Gasteiger partial charge in [-0.15, -0.1) is 0 Å². The number of alkyl halides is 1. The van der Waals surface area contributed by atoms with Crippen molar-refractivity contribution in [3.05, 3.63) is 0 Å². The van der Waals surface area contributed by atoms with Gasteiger partial charge >= 0.3 is 5.97 Å². The monoisotopic (exact) mass is 264 g/mol. The van der Waals surface area contributed by atoms with Gasteiger partial charge in [-0.05, 0) is 18.1 Å². The third kappa shape index (κ3) is 3.05. The number of rotatable bonds is 3. The number of halogens is 1. The number of carboxylic acid groups (broad SMARTS) is 1. The van der Waals surface area contributed by atoms with Crippen LogP contribution in [0.4, 0.5) is 4.39 Å². The van der Waals surface area contributed by atoms with Gasteiger partial charge in [0.1, 0.15) is 6.10 Å². The minimum absolute atomic E-state index is 0.0185. The van der Waals surface area contributed by atoms with Gasteiger partial charge in [0, 0.05) is 0 Å². The average molecular weight is 264 g/mol. The molecule has 1 heterocycles. The molecule has 1 saturated heterocycles. The number of carboxylic acids is 1. The maximum Gasteiger partial charge on any atom is 0.336 e. The molecule has 1 fully saturated rings. The summed E-state index contributed by atoms with van der Waals surface area (Å²) in [6.07, 6.45) is -3.72. The van der Waals surface area contributed by atoms with Crippen molar-refractivity contribution in [2.24, 2.45) is 0 Å². The Bertz CT molecular complexity index is 300.